The van der Waals surface area contributed by atoms with E-state index in [1.54, 1.807) is 50.4 Å². The first-order valence-corrected chi connectivity index (χ1v) is 12.7. The van der Waals surface area contributed by atoms with Gasteiger partial charge in [-0.25, -0.2) is 4.79 Å². The van der Waals surface area contributed by atoms with Gasteiger partial charge >= 0.3 is 5.97 Å². The lowest BCUT2D eigenvalue weighted by Gasteiger charge is -2.25. The van der Waals surface area contributed by atoms with Gasteiger partial charge < -0.3 is 36.9 Å². The van der Waals surface area contributed by atoms with E-state index in [9.17, 15) is 29.4 Å². The molecule has 11 heteroatoms. The molecule has 2 aromatic carbocycles. The molecule has 3 rings (SSSR count). The quantitative estimate of drug-likeness (QED) is 0.165. The molecule has 39 heavy (non-hydrogen) atoms. The van der Waals surface area contributed by atoms with Crippen LogP contribution in [-0.2, 0) is 32.0 Å². The highest BCUT2D eigenvalue weighted by Crippen LogP contribution is 2.19. The first-order chi connectivity index (χ1) is 18.6. The average molecular weight is 538 g/mol. The number of benzene rings is 2. The molecule has 1 heterocycles. The summed E-state index contributed by atoms with van der Waals surface area (Å²) in [6.45, 7) is 2.77. The van der Waals surface area contributed by atoms with Gasteiger partial charge in [-0.1, -0.05) is 62.4 Å². The largest absolute Gasteiger partial charge is 0.480 e. The first-order valence-electron chi connectivity index (χ1n) is 12.7. The zero-order valence-corrected chi connectivity index (χ0v) is 21.9. The molecule has 4 atom stereocenters. The maximum absolute atomic E-state index is 13.4. The fourth-order valence-corrected chi connectivity index (χ4v) is 4.09. The van der Waals surface area contributed by atoms with Crippen LogP contribution in [0.25, 0.3) is 10.9 Å². The van der Waals surface area contributed by atoms with Gasteiger partial charge in [-0.2, -0.15) is 0 Å². The van der Waals surface area contributed by atoms with Crippen LogP contribution in [0.1, 0.15) is 25.0 Å². The number of hydrogen-bond acceptors (Lipinski definition) is 6. The molecule has 0 fully saturated rings. The third kappa shape index (κ3) is 7.88. The van der Waals surface area contributed by atoms with Crippen LogP contribution in [0.2, 0.25) is 0 Å². The van der Waals surface area contributed by atoms with Gasteiger partial charge in [0.05, 0.1) is 12.6 Å². The molecule has 0 saturated carbocycles. The summed E-state index contributed by atoms with van der Waals surface area (Å²) in [5.41, 5.74) is 8.11. The Hall–Kier alpha value is -4.22. The first kappa shape index (κ1) is 29.3. The van der Waals surface area contributed by atoms with Crippen LogP contribution in [0, 0.1) is 5.92 Å². The minimum atomic E-state index is -1.35. The summed E-state index contributed by atoms with van der Waals surface area (Å²) in [6, 6.07) is 11.6. The third-order valence-electron chi connectivity index (χ3n) is 6.47. The van der Waals surface area contributed by atoms with Crippen molar-refractivity contribution in [3.05, 3.63) is 71.9 Å². The van der Waals surface area contributed by atoms with Crippen LogP contribution in [-0.4, -0.2) is 69.7 Å². The van der Waals surface area contributed by atoms with Crippen molar-refractivity contribution in [1.29, 1.82) is 0 Å². The van der Waals surface area contributed by atoms with Gasteiger partial charge in [0.15, 0.2) is 0 Å². The van der Waals surface area contributed by atoms with Gasteiger partial charge in [0, 0.05) is 29.9 Å². The number of H-pyrrole nitrogens is 1. The van der Waals surface area contributed by atoms with Crippen LogP contribution >= 0.6 is 0 Å². The minimum absolute atomic E-state index is 0.0134. The topological polar surface area (TPSA) is 187 Å². The Labute approximate surface area is 226 Å². The number of carboxylic acid groups (broad SMARTS) is 1. The van der Waals surface area contributed by atoms with E-state index < -0.39 is 54.5 Å². The number of nitrogens with one attached hydrogen (secondary N) is 4. The maximum Gasteiger partial charge on any atom is 0.326 e. The van der Waals surface area contributed by atoms with Gasteiger partial charge in [-0.3, -0.25) is 14.4 Å². The predicted octanol–water partition coefficient (Wildman–Crippen LogP) is 0.468. The molecular weight excluding hydrogens is 502 g/mol. The normalized spacial score (nSPS) is 14.3. The number of rotatable bonds is 13. The van der Waals surface area contributed by atoms with Crippen LogP contribution in [0.5, 0.6) is 0 Å². The molecule has 3 amide bonds. The van der Waals surface area contributed by atoms with Gasteiger partial charge in [0.1, 0.15) is 18.1 Å². The van der Waals surface area contributed by atoms with Crippen molar-refractivity contribution in [1.82, 2.24) is 20.9 Å². The summed E-state index contributed by atoms with van der Waals surface area (Å²) < 4.78 is 0. The maximum atomic E-state index is 13.4. The van der Waals surface area contributed by atoms with Crippen molar-refractivity contribution in [3.8, 4) is 0 Å². The molecular formula is C28H35N5O6. The number of carbonyl (C=O) groups is 4. The molecule has 0 saturated heterocycles. The minimum Gasteiger partial charge on any atom is -0.480 e. The van der Waals surface area contributed by atoms with Crippen molar-refractivity contribution in [2.45, 2.75) is 50.9 Å². The number of aromatic amines is 1. The molecule has 1 aromatic heterocycles. The van der Waals surface area contributed by atoms with Crippen molar-refractivity contribution >= 4 is 34.6 Å². The standard InChI is InChI=1S/C28H35N5O6/c1-16(2)24(29)27(37)33-23(15-34)26(36)31-21(12-17-8-4-3-5-9-17)25(35)32-22(28(38)39)13-18-14-30-20-11-7-6-10-19(18)20/h3-11,14,16,21-24,30,34H,12-13,15,29H2,1-2H3,(H,31,36)(H,32,35)(H,33,37)(H,38,39). The number of hydrogen-bond donors (Lipinski definition) is 7. The highest BCUT2D eigenvalue weighted by atomic mass is 16.4. The van der Waals surface area contributed by atoms with Crippen molar-refractivity contribution in [2.75, 3.05) is 6.61 Å². The Morgan fingerprint density at radius 1 is 0.821 bits per heavy atom. The number of carboxylic acids is 1. The molecule has 0 bridgehead atoms. The number of para-hydroxylation sites is 1. The molecule has 0 aliphatic heterocycles. The summed E-state index contributed by atoms with van der Waals surface area (Å²) in [6.07, 6.45) is 1.77. The summed E-state index contributed by atoms with van der Waals surface area (Å²) in [7, 11) is 0. The smallest absolute Gasteiger partial charge is 0.326 e. The van der Waals surface area contributed by atoms with Crippen molar-refractivity contribution < 1.29 is 29.4 Å². The molecule has 0 radical (unpaired) electrons. The van der Waals surface area contributed by atoms with Crippen LogP contribution in [0.3, 0.4) is 0 Å². The Morgan fingerprint density at radius 3 is 2.05 bits per heavy atom. The fraction of sp³-hybridized carbons (Fsp3) is 0.357. The Kier molecular flexibility index (Phi) is 10.2. The number of amides is 3. The molecule has 0 aliphatic carbocycles. The summed E-state index contributed by atoms with van der Waals surface area (Å²) >= 11 is 0. The molecule has 8 N–H and O–H groups in total. The number of aromatic nitrogens is 1. The molecule has 0 spiro atoms. The number of fused-ring (bicyclic) bond motifs is 1. The third-order valence-corrected chi connectivity index (χ3v) is 6.47. The summed E-state index contributed by atoms with van der Waals surface area (Å²) in [4.78, 5) is 53.9. The lowest BCUT2D eigenvalue weighted by molar-refractivity contribution is -0.142. The van der Waals surface area contributed by atoms with Gasteiger partial charge in [0.25, 0.3) is 0 Å². The summed E-state index contributed by atoms with van der Waals surface area (Å²) in [5.74, 6) is -3.58. The molecule has 0 aliphatic rings. The number of nitrogens with two attached hydrogens (primary N) is 1. The fourth-order valence-electron chi connectivity index (χ4n) is 4.09. The van der Waals surface area contributed by atoms with E-state index in [4.69, 9.17) is 5.73 Å². The Morgan fingerprint density at radius 2 is 1.41 bits per heavy atom. The number of carbonyl (C=O) groups excluding carboxylic acids is 3. The monoisotopic (exact) mass is 537 g/mol. The number of aliphatic carboxylic acids is 1. The van der Waals surface area contributed by atoms with Crippen molar-refractivity contribution in [2.24, 2.45) is 11.7 Å². The Balaban J connectivity index is 1.78. The summed E-state index contributed by atoms with van der Waals surface area (Å²) in [5, 5.41) is 28.0. The average Bonchev–Trinajstić information content (AvgIpc) is 3.33. The second-order valence-corrected chi connectivity index (χ2v) is 9.73. The molecule has 208 valence electrons. The second kappa shape index (κ2) is 13.5. The second-order valence-electron chi connectivity index (χ2n) is 9.73. The van der Waals surface area contributed by atoms with Crippen LogP contribution in [0.15, 0.2) is 60.8 Å². The highest BCUT2D eigenvalue weighted by Gasteiger charge is 2.31. The van der Waals surface area contributed by atoms with E-state index in [1.807, 2.05) is 24.3 Å². The van der Waals surface area contributed by atoms with E-state index in [-0.39, 0.29) is 18.8 Å². The lowest BCUT2D eigenvalue weighted by atomic mass is 10.0. The molecule has 11 nitrogen and oxygen atoms in total. The zero-order valence-electron chi connectivity index (χ0n) is 21.9. The van der Waals surface area contributed by atoms with Crippen LogP contribution in [0.4, 0.5) is 0 Å². The number of aliphatic hydroxyl groups excluding tert-OH is 1. The number of aliphatic hydroxyl groups is 1. The van der Waals surface area contributed by atoms with E-state index in [1.165, 1.54) is 0 Å². The lowest BCUT2D eigenvalue weighted by Crippen LogP contribution is -2.59. The zero-order chi connectivity index (χ0) is 28.5. The predicted molar refractivity (Wildman–Crippen MR) is 145 cm³/mol. The van der Waals surface area contributed by atoms with E-state index in [0.29, 0.717) is 11.1 Å². The SMILES string of the molecule is CC(C)C(N)C(=O)NC(CO)C(=O)NC(Cc1ccccc1)C(=O)NC(Cc1c[nH]c2ccccc12)C(=O)O. The van der Waals surface area contributed by atoms with Crippen molar-refractivity contribution in [3.63, 3.8) is 0 Å². The molecule has 4 unspecified atom stereocenters. The van der Waals surface area contributed by atoms with E-state index >= 15 is 0 Å². The van der Waals surface area contributed by atoms with Gasteiger partial charge in [-0.15, -0.1) is 0 Å². The van der Waals surface area contributed by atoms with E-state index in [0.717, 1.165) is 10.9 Å². The Bertz CT molecular complexity index is 1290. The van der Waals surface area contributed by atoms with E-state index in [2.05, 4.69) is 20.9 Å². The molecule has 3 aromatic rings. The van der Waals surface area contributed by atoms with Crippen LogP contribution < -0.4 is 21.7 Å². The van der Waals surface area contributed by atoms with Gasteiger partial charge in [-0.05, 0) is 23.1 Å². The van der Waals surface area contributed by atoms with Gasteiger partial charge in [0.2, 0.25) is 17.7 Å². The highest BCUT2D eigenvalue weighted by molar-refractivity contribution is 5.94.